The van der Waals surface area contributed by atoms with Gasteiger partial charge in [-0.3, -0.25) is 4.79 Å². The molecule has 0 atom stereocenters. The first-order valence-corrected chi connectivity index (χ1v) is 4.17. The van der Waals surface area contributed by atoms with Gasteiger partial charge in [0.05, 0.1) is 24.4 Å². The molecule has 0 amide bonds. The molecule has 0 bridgehead atoms. The first kappa shape index (κ1) is 11.6. The lowest BCUT2D eigenvalue weighted by Gasteiger charge is -2.11. The lowest BCUT2D eigenvalue weighted by molar-refractivity contribution is 0.106. The minimum absolute atomic E-state index is 0.125. The van der Waals surface area contributed by atoms with E-state index in [2.05, 4.69) is 4.98 Å². The summed E-state index contributed by atoms with van der Waals surface area (Å²) >= 11 is 5.17. The maximum atomic E-state index is 12.6. The molecule has 7 heteroatoms. The minimum Gasteiger partial charge on any atom is -0.494 e. The van der Waals surface area contributed by atoms with Crippen LogP contribution < -0.4 is 10.5 Å². The zero-order chi connectivity index (χ0) is 11.6. The Morgan fingerprint density at radius 3 is 2.67 bits per heavy atom. The van der Waals surface area contributed by atoms with Gasteiger partial charge in [0.2, 0.25) is 0 Å². The van der Waals surface area contributed by atoms with Gasteiger partial charge in [-0.25, -0.2) is 13.8 Å². The van der Waals surface area contributed by atoms with E-state index in [9.17, 15) is 13.6 Å². The number of hydrogen-bond donors (Lipinski definition) is 1. The fourth-order valence-corrected chi connectivity index (χ4v) is 1.30. The molecular formula is C8H7ClF2N2O2. The SMILES string of the molecule is COc1cnc(N)c(C(F)F)c1C(=O)Cl. The second-order valence-electron chi connectivity index (χ2n) is 2.57. The van der Waals surface area contributed by atoms with Crippen molar-refractivity contribution in [2.45, 2.75) is 6.43 Å². The van der Waals surface area contributed by atoms with Gasteiger partial charge >= 0.3 is 0 Å². The van der Waals surface area contributed by atoms with E-state index in [1.165, 1.54) is 7.11 Å². The maximum Gasteiger partial charge on any atom is 0.268 e. The summed E-state index contributed by atoms with van der Waals surface area (Å²) in [6, 6.07) is 0. The average molecular weight is 237 g/mol. The van der Waals surface area contributed by atoms with Crippen molar-refractivity contribution < 1.29 is 18.3 Å². The molecule has 0 spiro atoms. The molecule has 0 unspecified atom stereocenters. The number of nitrogen functional groups attached to an aromatic ring is 1. The number of alkyl halides is 2. The van der Waals surface area contributed by atoms with Crippen LogP contribution in [0.25, 0.3) is 0 Å². The van der Waals surface area contributed by atoms with Crippen LogP contribution in [0.4, 0.5) is 14.6 Å². The summed E-state index contributed by atoms with van der Waals surface area (Å²) in [6.45, 7) is 0. The number of ether oxygens (including phenoxy) is 1. The fraction of sp³-hybridized carbons (Fsp3) is 0.250. The second kappa shape index (κ2) is 4.39. The fourth-order valence-electron chi connectivity index (χ4n) is 1.10. The van der Waals surface area contributed by atoms with Crippen LogP contribution in [-0.4, -0.2) is 17.3 Å². The second-order valence-corrected chi connectivity index (χ2v) is 2.92. The predicted molar refractivity (Wildman–Crippen MR) is 50.3 cm³/mol. The van der Waals surface area contributed by atoms with Crippen LogP contribution in [0.3, 0.4) is 0 Å². The van der Waals surface area contributed by atoms with Crippen LogP contribution in [0.1, 0.15) is 22.3 Å². The number of aromatic nitrogens is 1. The highest BCUT2D eigenvalue weighted by Gasteiger charge is 2.25. The molecule has 1 heterocycles. The molecule has 1 aromatic heterocycles. The van der Waals surface area contributed by atoms with Gasteiger partial charge < -0.3 is 10.5 Å². The maximum absolute atomic E-state index is 12.6. The Bertz CT molecular complexity index is 398. The largest absolute Gasteiger partial charge is 0.494 e. The number of rotatable bonds is 3. The smallest absolute Gasteiger partial charge is 0.268 e. The van der Waals surface area contributed by atoms with Crippen LogP contribution in [0, 0.1) is 0 Å². The number of pyridine rings is 1. The van der Waals surface area contributed by atoms with Crippen molar-refractivity contribution in [3.05, 3.63) is 17.3 Å². The zero-order valence-electron chi connectivity index (χ0n) is 7.63. The molecule has 0 saturated carbocycles. The highest BCUT2D eigenvalue weighted by molar-refractivity contribution is 6.68. The van der Waals surface area contributed by atoms with Crippen LogP contribution in [0.15, 0.2) is 6.20 Å². The molecule has 15 heavy (non-hydrogen) atoms. The molecule has 0 aliphatic heterocycles. The lowest BCUT2D eigenvalue weighted by Crippen LogP contribution is -2.07. The molecule has 1 aromatic rings. The number of methoxy groups -OCH3 is 1. The van der Waals surface area contributed by atoms with Crippen molar-refractivity contribution >= 4 is 22.7 Å². The first-order valence-electron chi connectivity index (χ1n) is 3.79. The Kier molecular flexibility index (Phi) is 3.41. The third-order valence-electron chi connectivity index (χ3n) is 1.75. The van der Waals surface area contributed by atoms with Gasteiger partial charge in [-0.05, 0) is 11.6 Å². The highest BCUT2D eigenvalue weighted by atomic mass is 35.5. The van der Waals surface area contributed by atoms with E-state index in [0.29, 0.717) is 0 Å². The number of carbonyl (C=O) groups is 1. The van der Waals surface area contributed by atoms with Gasteiger partial charge in [-0.2, -0.15) is 0 Å². The molecule has 0 radical (unpaired) electrons. The van der Waals surface area contributed by atoms with Gasteiger partial charge in [0.15, 0.2) is 0 Å². The third-order valence-corrected chi connectivity index (χ3v) is 1.94. The summed E-state index contributed by atoms with van der Waals surface area (Å²) in [7, 11) is 1.21. The van der Waals surface area contributed by atoms with Gasteiger partial charge in [0.25, 0.3) is 11.7 Å². The average Bonchev–Trinajstić information content (AvgIpc) is 2.16. The Morgan fingerprint density at radius 2 is 2.27 bits per heavy atom. The van der Waals surface area contributed by atoms with E-state index in [4.69, 9.17) is 22.1 Å². The van der Waals surface area contributed by atoms with Crippen molar-refractivity contribution in [1.82, 2.24) is 4.98 Å². The minimum atomic E-state index is -2.94. The Morgan fingerprint density at radius 1 is 1.67 bits per heavy atom. The topological polar surface area (TPSA) is 65.2 Å². The number of anilines is 1. The van der Waals surface area contributed by atoms with E-state index >= 15 is 0 Å². The van der Waals surface area contributed by atoms with Gasteiger partial charge in [-0.1, -0.05) is 0 Å². The van der Waals surface area contributed by atoms with Crippen molar-refractivity contribution in [1.29, 1.82) is 0 Å². The summed E-state index contributed by atoms with van der Waals surface area (Å²) in [6.07, 6.45) is -1.87. The Labute approximate surface area is 89.0 Å². The number of hydrogen-bond acceptors (Lipinski definition) is 4. The number of halogens is 3. The van der Waals surface area contributed by atoms with Crippen molar-refractivity contribution in [3.63, 3.8) is 0 Å². The molecular weight excluding hydrogens is 230 g/mol. The zero-order valence-corrected chi connectivity index (χ0v) is 8.39. The summed E-state index contributed by atoms with van der Waals surface area (Å²) in [4.78, 5) is 14.4. The highest BCUT2D eigenvalue weighted by Crippen LogP contribution is 2.33. The molecule has 2 N–H and O–H groups in total. The summed E-state index contributed by atoms with van der Waals surface area (Å²) in [5.74, 6) is -0.561. The van der Waals surface area contributed by atoms with Gasteiger partial charge in [-0.15, -0.1) is 0 Å². The van der Waals surface area contributed by atoms with E-state index in [1.54, 1.807) is 0 Å². The van der Waals surface area contributed by atoms with Crippen LogP contribution in [-0.2, 0) is 0 Å². The Hall–Kier alpha value is -1.43. The standard InChI is InChI=1S/C8H7ClF2N2O2/c1-15-3-2-13-8(12)5(7(10)11)4(3)6(9)14/h2,7H,1H3,(H2,12,13). The van der Waals surface area contributed by atoms with Crippen LogP contribution in [0.2, 0.25) is 0 Å². The summed E-state index contributed by atoms with van der Waals surface area (Å²) in [5.41, 5.74) is 4.08. The van der Waals surface area contributed by atoms with Crippen LogP contribution >= 0.6 is 11.6 Å². The van der Waals surface area contributed by atoms with Crippen molar-refractivity contribution in [2.24, 2.45) is 0 Å². The van der Waals surface area contributed by atoms with E-state index in [1.807, 2.05) is 0 Å². The number of carbonyl (C=O) groups excluding carboxylic acids is 1. The molecule has 0 saturated heterocycles. The molecule has 0 aliphatic rings. The molecule has 82 valence electrons. The third kappa shape index (κ3) is 2.15. The van der Waals surface area contributed by atoms with Gasteiger partial charge in [0, 0.05) is 0 Å². The normalized spacial score (nSPS) is 10.5. The van der Waals surface area contributed by atoms with E-state index in [-0.39, 0.29) is 5.75 Å². The first-order chi connectivity index (χ1) is 6.99. The van der Waals surface area contributed by atoms with Crippen molar-refractivity contribution in [2.75, 3.05) is 12.8 Å². The summed E-state index contributed by atoms with van der Waals surface area (Å²) < 4.78 is 29.9. The quantitative estimate of drug-likeness (QED) is 0.815. The Balaban J connectivity index is 3.51. The summed E-state index contributed by atoms with van der Waals surface area (Å²) in [5, 5.41) is -1.06. The lowest BCUT2D eigenvalue weighted by atomic mass is 10.1. The number of nitrogens with two attached hydrogens (primary N) is 1. The molecule has 0 aromatic carbocycles. The molecule has 0 fully saturated rings. The number of nitrogens with zero attached hydrogens (tertiary/aromatic N) is 1. The van der Waals surface area contributed by atoms with E-state index in [0.717, 1.165) is 6.20 Å². The molecule has 0 aliphatic carbocycles. The van der Waals surface area contributed by atoms with Crippen LogP contribution in [0.5, 0.6) is 5.75 Å². The molecule has 4 nitrogen and oxygen atoms in total. The predicted octanol–water partition coefficient (Wildman–Crippen LogP) is 1.99. The monoisotopic (exact) mass is 236 g/mol. The van der Waals surface area contributed by atoms with Gasteiger partial charge in [0.1, 0.15) is 11.6 Å². The van der Waals surface area contributed by atoms with E-state index < -0.39 is 28.6 Å². The van der Waals surface area contributed by atoms with Crippen molar-refractivity contribution in [3.8, 4) is 5.75 Å². The molecule has 1 rings (SSSR count).